The van der Waals surface area contributed by atoms with Crippen molar-refractivity contribution in [1.82, 2.24) is 0 Å². The number of hydrogen-bond donors (Lipinski definition) is 2. The third-order valence-corrected chi connectivity index (χ3v) is 0.348. The molecule has 4 N–H and O–H groups in total. The molecule has 0 aliphatic rings. The third-order valence-electron chi connectivity index (χ3n) is 0.348. The molecule has 0 fully saturated rings. The zero-order valence-corrected chi connectivity index (χ0v) is 8.09. The van der Waals surface area contributed by atoms with Crippen molar-refractivity contribution in [3.8, 4) is 0 Å². The average molecular weight is 178 g/mol. The van der Waals surface area contributed by atoms with Gasteiger partial charge in [-0.2, -0.15) is 0 Å². The summed E-state index contributed by atoms with van der Waals surface area (Å²) in [5.41, 5.74) is 8.50. The highest BCUT2D eigenvalue weighted by Gasteiger charge is 1.81. The molecule has 0 atom stereocenters. The van der Waals surface area contributed by atoms with Crippen LogP contribution < -0.4 is 11.5 Å². The van der Waals surface area contributed by atoms with E-state index >= 15 is 0 Å². The van der Waals surface area contributed by atoms with E-state index in [-0.39, 0.29) is 5.97 Å². The minimum atomic E-state index is -0.833. The fraction of sp³-hybridized carbons (Fsp3) is 0.714. The second-order valence-electron chi connectivity index (χ2n) is 1.33. The number of hydrogen-bond acceptors (Lipinski definition) is 3. The van der Waals surface area contributed by atoms with Gasteiger partial charge < -0.3 is 16.2 Å². The zero-order valence-electron chi connectivity index (χ0n) is 8.09. The summed E-state index contributed by atoms with van der Waals surface area (Å²) in [6.07, 6.45) is 0. The van der Waals surface area contributed by atoms with Gasteiger partial charge in [0.25, 0.3) is 0 Å². The van der Waals surface area contributed by atoms with E-state index in [0.29, 0.717) is 6.61 Å². The highest BCUT2D eigenvalue weighted by atomic mass is 16.5. The Morgan fingerprint density at radius 1 is 1.25 bits per heavy atom. The van der Waals surface area contributed by atoms with Crippen LogP contribution in [0.15, 0.2) is 0 Å². The molecule has 0 radical (unpaired) electrons. The summed E-state index contributed by atoms with van der Waals surface area (Å²) in [6, 6.07) is -0.833. The van der Waals surface area contributed by atoms with E-state index in [1.54, 1.807) is 6.92 Å². The molecular weight excluding hydrogens is 160 g/mol. The first-order valence-electron chi connectivity index (χ1n) is 3.69. The lowest BCUT2D eigenvalue weighted by molar-refractivity contribution is -0.140. The molecule has 74 valence electrons. The predicted molar refractivity (Wildman–Crippen MR) is 47.4 cm³/mol. The van der Waals surface area contributed by atoms with Gasteiger partial charge in [-0.25, -0.2) is 4.79 Å². The molecule has 2 amide bonds. The molecule has 0 aliphatic heterocycles. The van der Waals surface area contributed by atoms with Crippen LogP contribution in [0.25, 0.3) is 0 Å². The largest absolute Gasteiger partial charge is 0.466 e. The lowest BCUT2D eigenvalue weighted by atomic mass is 10.8. The van der Waals surface area contributed by atoms with Crippen LogP contribution in [-0.2, 0) is 9.53 Å². The second kappa shape index (κ2) is 16.4. The molecule has 0 spiro atoms. The zero-order chi connectivity index (χ0) is 10.6. The summed E-state index contributed by atoms with van der Waals surface area (Å²) in [5.74, 6) is -0.211. The normalized spacial score (nSPS) is 6.33. The van der Waals surface area contributed by atoms with Gasteiger partial charge in [-0.05, 0) is 6.92 Å². The minimum absolute atomic E-state index is 0.211. The molecule has 5 heteroatoms. The van der Waals surface area contributed by atoms with Crippen LogP contribution >= 0.6 is 0 Å². The Hall–Kier alpha value is -1.26. The number of amides is 2. The molecule has 0 aromatic heterocycles. The number of rotatable bonds is 1. The molecule has 0 saturated carbocycles. The Labute approximate surface area is 73.1 Å². The van der Waals surface area contributed by atoms with Crippen LogP contribution in [-0.4, -0.2) is 18.6 Å². The molecule has 5 nitrogen and oxygen atoms in total. The molecule has 0 aromatic rings. The van der Waals surface area contributed by atoms with E-state index in [1.165, 1.54) is 6.92 Å². The monoisotopic (exact) mass is 178 g/mol. The molecule has 0 rings (SSSR count). The van der Waals surface area contributed by atoms with Crippen molar-refractivity contribution in [1.29, 1.82) is 0 Å². The fourth-order valence-corrected chi connectivity index (χ4v) is 0.203. The average Bonchev–Trinajstić information content (AvgIpc) is 1.90. The molecular formula is C7H18N2O3. The maximum absolute atomic E-state index is 9.82. The number of urea groups is 1. The van der Waals surface area contributed by atoms with Crippen LogP contribution in [0.2, 0.25) is 0 Å². The maximum atomic E-state index is 9.82. The van der Waals surface area contributed by atoms with E-state index in [1.807, 2.05) is 13.8 Å². The van der Waals surface area contributed by atoms with E-state index in [0.717, 1.165) is 0 Å². The van der Waals surface area contributed by atoms with Gasteiger partial charge in [-0.1, -0.05) is 13.8 Å². The Morgan fingerprint density at radius 3 is 1.50 bits per heavy atom. The van der Waals surface area contributed by atoms with Crippen LogP contribution in [0.3, 0.4) is 0 Å². The van der Waals surface area contributed by atoms with Crippen molar-refractivity contribution in [2.75, 3.05) is 6.61 Å². The van der Waals surface area contributed by atoms with Gasteiger partial charge in [0.2, 0.25) is 0 Å². The second-order valence-corrected chi connectivity index (χ2v) is 1.33. The summed E-state index contributed by atoms with van der Waals surface area (Å²) in [4.78, 5) is 18.8. The number of esters is 1. The molecule has 0 aliphatic carbocycles. The van der Waals surface area contributed by atoms with Crippen molar-refractivity contribution in [2.24, 2.45) is 11.5 Å². The van der Waals surface area contributed by atoms with Gasteiger partial charge >= 0.3 is 12.0 Å². The maximum Gasteiger partial charge on any atom is 0.309 e. The van der Waals surface area contributed by atoms with Crippen molar-refractivity contribution in [3.05, 3.63) is 0 Å². The number of ether oxygens (including phenoxy) is 1. The van der Waals surface area contributed by atoms with Crippen LogP contribution in [0.5, 0.6) is 0 Å². The van der Waals surface area contributed by atoms with Crippen molar-refractivity contribution in [3.63, 3.8) is 0 Å². The number of carbonyl (C=O) groups is 2. The quantitative estimate of drug-likeness (QED) is 0.576. The molecule has 0 aromatic carbocycles. The van der Waals surface area contributed by atoms with Crippen LogP contribution in [0.4, 0.5) is 4.79 Å². The highest BCUT2D eigenvalue weighted by Crippen LogP contribution is 1.69. The Balaban J connectivity index is -0.000000118. The summed E-state index contributed by atoms with van der Waals surface area (Å²) < 4.78 is 4.40. The summed E-state index contributed by atoms with van der Waals surface area (Å²) in [7, 11) is 0. The smallest absolute Gasteiger partial charge is 0.309 e. The first kappa shape index (κ1) is 17.0. The molecule has 0 saturated heterocycles. The van der Waals surface area contributed by atoms with E-state index in [9.17, 15) is 4.79 Å². The standard InChI is InChI=1S/C4H8O2.C2H6.CH4N2O/c1-3-6-4(2)5;1-2;2-1(3)4/h3H2,1-2H3;1-2H3;(H4,2,3,4). The van der Waals surface area contributed by atoms with Crippen LogP contribution in [0, 0.1) is 0 Å². The third kappa shape index (κ3) is 173. The molecule has 0 bridgehead atoms. The number of primary amides is 2. The molecule has 0 heterocycles. The summed E-state index contributed by atoms with van der Waals surface area (Å²) >= 11 is 0. The highest BCUT2D eigenvalue weighted by molar-refractivity contribution is 5.69. The van der Waals surface area contributed by atoms with Crippen molar-refractivity contribution >= 4 is 12.0 Å². The van der Waals surface area contributed by atoms with Gasteiger partial charge in [0.15, 0.2) is 0 Å². The van der Waals surface area contributed by atoms with Crippen molar-refractivity contribution in [2.45, 2.75) is 27.7 Å². The van der Waals surface area contributed by atoms with Gasteiger partial charge in [0.1, 0.15) is 0 Å². The van der Waals surface area contributed by atoms with Crippen LogP contribution in [0.1, 0.15) is 27.7 Å². The Morgan fingerprint density at radius 2 is 1.50 bits per heavy atom. The first-order chi connectivity index (χ1) is 5.50. The first-order valence-corrected chi connectivity index (χ1v) is 3.69. The lowest BCUT2D eigenvalue weighted by Crippen LogP contribution is -2.18. The molecule has 12 heavy (non-hydrogen) atoms. The number of nitrogens with two attached hydrogens (primary N) is 2. The SMILES string of the molecule is CC.CCOC(C)=O.NC(N)=O. The Kier molecular flexibility index (Phi) is 23.2. The van der Waals surface area contributed by atoms with Gasteiger partial charge in [-0.3, -0.25) is 4.79 Å². The Bertz CT molecular complexity index is 111. The summed E-state index contributed by atoms with van der Waals surface area (Å²) in [6.45, 7) is 7.65. The fourth-order valence-electron chi connectivity index (χ4n) is 0.203. The lowest BCUT2D eigenvalue weighted by Gasteiger charge is -1.89. The van der Waals surface area contributed by atoms with Gasteiger partial charge in [0, 0.05) is 6.92 Å². The van der Waals surface area contributed by atoms with E-state index in [2.05, 4.69) is 16.2 Å². The van der Waals surface area contributed by atoms with Gasteiger partial charge in [-0.15, -0.1) is 0 Å². The predicted octanol–water partition coefficient (Wildman–Crippen LogP) is 0.619. The van der Waals surface area contributed by atoms with E-state index in [4.69, 9.17) is 4.79 Å². The van der Waals surface area contributed by atoms with Gasteiger partial charge in [0.05, 0.1) is 6.61 Å². The molecule has 0 unspecified atom stereocenters. The minimum Gasteiger partial charge on any atom is -0.466 e. The van der Waals surface area contributed by atoms with E-state index < -0.39 is 6.03 Å². The topological polar surface area (TPSA) is 95.4 Å². The number of carbonyl (C=O) groups excluding carboxylic acids is 2. The van der Waals surface area contributed by atoms with Crippen molar-refractivity contribution < 1.29 is 14.3 Å². The summed E-state index contributed by atoms with van der Waals surface area (Å²) in [5, 5.41) is 0.